The first-order valence-corrected chi connectivity index (χ1v) is 9.55. The van der Waals surface area contributed by atoms with Gasteiger partial charge in [-0.3, -0.25) is 9.69 Å². The molecule has 5 heteroatoms. The van der Waals surface area contributed by atoms with Crippen LogP contribution < -0.4 is 10.1 Å². The van der Waals surface area contributed by atoms with E-state index in [1.807, 2.05) is 6.07 Å². The van der Waals surface area contributed by atoms with Crippen molar-refractivity contribution in [2.75, 3.05) is 33.3 Å². The van der Waals surface area contributed by atoms with Gasteiger partial charge in [0.05, 0.1) is 13.7 Å². The van der Waals surface area contributed by atoms with E-state index >= 15 is 0 Å². The van der Waals surface area contributed by atoms with E-state index < -0.39 is 5.82 Å². The molecule has 1 N–H and O–H groups in total. The molecule has 0 radical (unpaired) electrons. The number of hydrogen-bond donors (Lipinski definition) is 1. The molecule has 1 aliphatic heterocycles. The third kappa shape index (κ3) is 5.15. The van der Waals surface area contributed by atoms with Crippen molar-refractivity contribution in [1.82, 2.24) is 10.2 Å². The molecule has 0 aliphatic carbocycles. The summed E-state index contributed by atoms with van der Waals surface area (Å²) in [7, 11) is 1.41. The zero-order chi connectivity index (χ0) is 19.1. The van der Waals surface area contributed by atoms with Crippen LogP contribution in [0.3, 0.4) is 0 Å². The minimum Gasteiger partial charge on any atom is -0.494 e. The molecule has 2 aromatic rings. The van der Waals surface area contributed by atoms with Crippen LogP contribution in [0.2, 0.25) is 0 Å². The lowest BCUT2D eigenvalue weighted by Gasteiger charge is -2.35. The highest BCUT2D eigenvalue weighted by molar-refractivity contribution is 5.97. The molecule has 0 aromatic heterocycles. The molecule has 0 amide bonds. The Kier molecular flexibility index (Phi) is 6.96. The minimum atomic E-state index is -0.515. The zero-order valence-electron chi connectivity index (χ0n) is 15.8. The molecule has 1 heterocycles. The van der Waals surface area contributed by atoms with Gasteiger partial charge in [-0.15, -0.1) is 0 Å². The normalized spacial score (nSPS) is 16.1. The van der Waals surface area contributed by atoms with Gasteiger partial charge in [0.25, 0.3) is 0 Å². The molecule has 0 bridgehead atoms. The van der Waals surface area contributed by atoms with Gasteiger partial charge in [-0.25, -0.2) is 4.39 Å². The maximum atomic E-state index is 13.8. The van der Waals surface area contributed by atoms with Gasteiger partial charge in [0, 0.05) is 18.2 Å². The van der Waals surface area contributed by atoms with Gasteiger partial charge < -0.3 is 10.1 Å². The molecule has 0 spiro atoms. The Morgan fingerprint density at radius 2 is 1.89 bits per heavy atom. The number of likely N-dealkylation sites (tertiary alicyclic amines) is 1. The number of benzene rings is 2. The number of ether oxygens (including phenoxy) is 1. The first-order valence-electron chi connectivity index (χ1n) is 9.55. The summed E-state index contributed by atoms with van der Waals surface area (Å²) < 4.78 is 18.7. The summed E-state index contributed by atoms with van der Waals surface area (Å²) >= 11 is 0. The van der Waals surface area contributed by atoms with Crippen molar-refractivity contribution in [1.29, 1.82) is 0 Å². The standard InChI is InChI=1S/C22H27FN2O2/c1-27-22-11-10-18(14-19(22)23)21(26)16-24-15-20(17-8-4-2-5-9-17)25-12-6-3-7-13-25/h2,4-5,8-11,14,20,24H,3,6-7,12-13,15-16H2,1H3. The Balaban J connectivity index is 1.61. The van der Waals surface area contributed by atoms with Crippen LogP contribution in [0.25, 0.3) is 0 Å². The fourth-order valence-electron chi connectivity index (χ4n) is 3.63. The maximum absolute atomic E-state index is 13.8. The van der Waals surface area contributed by atoms with Crippen molar-refractivity contribution in [3.63, 3.8) is 0 Å². The largest absolute Gasteiger partial charge is 0.494 e. The number of nitrogens with zero attached hydrogens (tertiary/aromatic N) is 1. The van der Waals surface area contributed by atoms with Crippen LogP contribution in [0.4, 0.5) is 4.39 Å². The van der Waals surface area contributed by atoms with E-state index in [0.29, 0.717) is 12.1 Å². The Morgan fingerprint density at radius 3 is 2.56 bits per heavy atom. The number of ketones is 1. The summed E-state index contributed by atoms with van der Waals surface area (Å²) in [6, 6.07) is 15.0. The second-order valence-electron chi connectivity index (χ2n) is 6.93. The van der Waals surface area contributed by atoms with E-state index in [4.69, 9.17) is 4.74 Å². The fraction of sp³-hybridized carbons (Fsp3) is 0.409. The van der Waals surface area contributed by atoms with Crippen molar-refractivity contribution in [3.05, 3.63) is 65.5 Å². The zero-order valence-corrected chi connectivity index (χ0v) is 15.8. The Morgan fingerprint density at radius 1 is 1.15 bits per heavy atom. The van der Waals surface area contributed by atoms with Gasteiger partial charge in [-0.2, -0.15) is 0 Å². The molecule has 4 nitrogen and oxygen atoms in total. The smallest absolute Gasteiger partial charge is 0.176 e. The van der Waals surface area contributed by atoms with Crippen molar-refractivity contribution in [2.24, 2.45) is 0 Å². The molecular formula is C22H27FN2O2. The number of carbonyl (C=O) groups is 1. The van der Waals surface area contributed by atoms with Gasteiger partial charge in [0.15, 0.2) is 17.3 Å². The molecule has 1 aliphatic rings. The second-order valence-corrected chi connectivity index (χ2v) is 6.93. The summed E-state index contributed by atoms with van der Waals surface area (Å²) in [5.41, 5.74) is 1.62. The maximum Gasteiger partial charge on any atom is 0.176 e. The molecule has 144 valence electrons. The van der Waals surface area contributed by atoms with E-state index in [0.717, 1.165) is 13.1 Å². The van der Waals surface area contributed by atoms with Gasteiger partial charge in [0.1, 0.15) is 0 Å². The first-order chi connectivity index (χ1) is 13.2. The van der Waals surface area contributed by atoms with Crippen LogP contribution >= 0.6 is 0 Å². The summed E-state index contributed by atoms with van der Waals surface area (Å²) in [6.45, 7) is 3.04. The van der Waals surface area contributed by atoms with E-state index in [1.165, 1.54) is 44.1 Å². The number of methoxy groups -OCH3 is 1. The summed E-state index contributed by atoms with van der Waals surface area (Å²) in [6.07, 6.45) is 3.72. The number of halogens is 1. The van der Waals surface area contributed by atoms with Crippen LogP contribution in [0, 0.1) is 5.82 Å². The predicted octanol–water partition coefficient (Wildman–Crippen LogP) is 3.83. The topological polar surface area (TPSA) is 41.6 Å². The summed E-state index contributed by atoms with van der Waals surface area (Å²) in [4.78, 5) is 14.9. The van der Waals surface area contributed by atoms with Crippen molar-refractivity contribution < 1.29 is 13.9 Å². The molecule has 1 unspecified atom stereocenters. The van der Waals surface area contributed by atoms with E-state index in [9.17, 15) is 9.18 Å². The van der Waals surface area contributed by atoms with Gasteiger partial charge in [-0.1, -0.05) is 36.8 Å². The molecule has 0 saturated carbocycles. The molecule has 27 heavy (non-hydrogen) atoms. The van der Waals surface area contributed by atoms with Crippen molar-refractivity contribution in [2.45, 2.75) is 25.3 Å². The number of carbonyl (C=O) groups excluding carboxylic acids is 1. The number of Topliss-reactive ketones (excluding diaryl/α,β-unsaturated/α-hetero) is 1. The van der Waals surface area contributed by atoms with Crippen LogP contribution in [0.1, 0.15) is 41.2 Å². The summed E-state index contributed by atoms with van der Waals surface area (Å²) in [5.74, 6) is -0.491. The van der Waals surface area contributed by atoms with Crippen molar-refractivity contribution >= 4 is 5.78 Å². The molecular weight excluding hydrogens is 343 g/mol. The van der Waals surface area contributed by atoms with Crippen LogP contribution in [0.5, 0.6) is 5.75 Å². The van der Waals surface area contributed by atoms with E-state index in [1.54, 1.807) is 6.07 Å². The van der Waals surface area contributed by atoms with Gasteiger partial charge in [-0.05, 0) is 49.7 Å². The van der Waals surface area contributed by atoms with Gasteiger partial charge in [0.2, 0.25) is 0 Å². The Labute approximate surface area is 160 Å². The lowest BCUT2D eigenvalue weighted by atomic mass is 10.0. The molecule has 3 rings (SSSR count). The van der Waals surface area contributed by atoms with Crippen molar-refractivity contribution in [3.8, 4) is 5.75 Å². The molecule has 1 saturated heterocycles. The Hall–Kier alpha value is -2.24. The lowest BCUT2D eigenvalue weighted by molar-refractivity contribution is 0.0983. The average Bonchev–Trinajstić information content (AvgIpc) is 2.72. The average molecular weight is 370 g/mol. The monoisotopic (exact) mass is 370 g/mol. The number of nitrogens with one attached hydrogen (secondary N) is 1. The quantitative estimate of drug-likeness (QED) is 0.717. The van der Waals surface area contributed by atoms with Gasteiger partial charge >= 0.3 is 0 Å². The second kappa shape index (κ2) is 9.62. The fourth-order valence-corrected chi connectivity index (χ4v) is 3.63. The summed E-state index contributed by atoms with van der Waals surface area (Å²) in [5, 5.41) is 3.28. The highest BCUT2D eigenvalue weighted by Gasteiger charge is 2.22. The first kappa shape index (κ1) is 19.5. The lowest BCUT2D eigenvalue weighted by Crippen LogP contribution is -2.40. The van der Waals surface area contributed by atoms with Crippen LogP contribution in [-0.2, 0) is 0 Å². The molecule has 1 fully saturated rings. The Bertz CT molecular complexity index is 745. The SMILES string of the molecule is COc1ccc(C(=O)CNCC(c2ccccc2)N2CCCCC2)cc1F. The third-order valence-corrected chi connectivity index (χ3v) is 5.11. The minimum absolute atomic E-state index is 0.123. The number of hydrogen-bond acceptors (Lipinski definition) is 4. The number of piperidine rings is 1. The van der Waals surface area contributed by atoms with E-state index in [2.05, 4.69) is 34.5 Å². The van der Waals surface area contributed by atoms with Crippen LogP contribution in [-0.4, -0.2) is 44.0 Å². The molecule has 2 aromatic carbocycles. The predicted molar refractivity (Wildman–Crippen MR) is 105 cm³/mol. The third-order valence-electron chi connectivity index (χ3n) is 5.11. The number of rotatable bonds is 8. The highest BCUT2D eigenvalue weighted by atomic mass is 19.1. The van der Waals surface area contributed by atoms with E-state index in [-0.39, 0.29) is 24.1 Å². The van der Waals surface area contributed by atoms with Crippen LogP contribution in [0.15, 0.2) is 48.5 Å². The molecule has 1 atom stereocenters. The highest BCUT2D eigenvalue weighted by Crippen LogP contribution is 2.24.